The van der Waals surface area contributed by atoms with Crippen LogP contribution in [0.1, 0.15) is 342 Å². The van der Waals surface area contributed by atoms with Gasteiger partial charge in [0.05, 0.1) is 26.4 Å². The zero-order valence-electron chi connectivity index (χ0n) is 69.6. The van der Waals surface area contributed by atoms with Crippen molar-refractivity contribution in [3.63, 3.8) is 0 Å². The lowest BCUT2D eigenvalue weighted by molar-refractivity contribution is -0.161. The highest BCUT2D eigenvalue weighted by Crippen LogP contribution is 2.45. The first-order chi connectivity index (χ1) is 54.2. The van der Waals surface area contributed by atoms with E-state index in [1.807, 2.05) is 0 Å². The highest BCUT2D eigenvalue weighted by atomic mass is 31.2. The number of phosphoric acid groups is 2. The number of hydrogen-bond acceptors (Lipinski definition) is 14. The standard InChI is InChI=1S/C93H156O16P2/c1-4-7-10-13-16-19-22-25-28-31-34-37-39-41-43-45-47-50-52-55-58-61-64-67-70-73-76-79-91(96)103-82-88(94)83-105-110(99,100)106-84-89(95)85-107-111(101,102)108-87-90(109-93(98)81-78-75-72-69-66-63-60-57-54-49-36-33-30-27-24-21-18-15-12-9-6-3)86-104-92(97)80-77-74-71-68-65-62-59-56-53-51-48-46-44-42-40-38-35-32-29-26-23-20-17-14-11-8-5-2/h9,12,16-21,25-30,34-38,41-44,49,57,60,66,69,88-90,94-95H,4-8,10-11,13-15,22-24,31-33,39-40,45-48,50-56,58-59,61-65,67-68,70-87H2,1-3H3,(H,99,100)(H,101,102)/b12-9-,19-16-,20-17-,21-18-,28-25-,29-26-,30-27-,37-34-,38-35-,43-41-,44-42-,49-36-,60-57-,69-66-. The van der Waals surface area contributed by atoms with Crippen molar-refractivity contribution in [1.82, 2.24) is 0 Å². The fourth-order valence-electron chi connectivity index (χ4n) is 11.3. The summed E-state index contributed by atoms with van der Waals surface area (Å²) < 4.78 is 61.3. The molecule has 634 valence electrons. The first-order valence-corrected chi connectivity index (χ1v) is 46.4. The van der Waals surface area contributed by atoms with Gasteiger partial charge in [-0.25, -0.2) is 9.13 Å². The molecule has 111 heavy (non-hydrogen) atoms. The molecule has 0 heterocycles. The summed E-state index contributed by atoms with van der Waals surface area (Å²) in [6, 6.07) is 0. The van der Waals surface area contributed by atoms with E-state index in [0.29, 0.717) is 25.7 Å². The molecule has 0 amide bonds. The van der Waals surface area contributed by atoms with Gasteiger partial charge in [-0.3, -0.25) is 32.5 Å². The molecule has 0 aliphatic heterocycles. The Kier molecular flexibility index (Phi) is 80.4. The van der Waals surface area contributed by atoms with Crippen molar-refractivity contribution >= 4 is 33.6 Å². The Morgan fingerprint density at radius 2 is 0.477 bits per heavy atom. The molecule has 0 radical (unpaired) electrons. The summed E-state index contributed by atoms with van der Waals surface area (Å²) in [4.78, 5) is 58.9. The molecule has 0 aromatic rings. The second-order valence-corrected chi connectivity index (χ2v) is 31.5. The smallest absolute Gasteiger partial charge is 0.463 e. The maximum atomic E-state index is 13.0. The fraction of sp³-hybridized carbons (Fsp3) is 0.667. The summed E-state index contributed by atoms with van der Waals surface area (Å²) >= 11 is 0. The van der Waals surface area contributed by atoms with Crippen LogP contribution in [0.15, 0.2) is 170 Å². The van der Waals surface area contributed by atoms with Crippen molar-refractivity contribution in [1.29, 1.82) is 0 Å². The average molecular weight is 1590 g/mol. The van der Waals surface area contributed by atoms with Crippen LogP contribution in [0.25, 0.3) is 0 Å². The Hall–Kier alpha value is -5.09. The molecule has 16 nitrogen and oxygen atoms in total. The number of esters is 3. The minimum absolute atomic E-state index is 0.0433. The van der Waals surface area contributed by atoms with Crippen LogP contribution in [0.2, 0.25) is 0 Å². The lowest BCUT2D eigenvalue weighted by atomic mass is 10.0. The number of ether oxygens (including phenoxy) is 3. The van der Waals surface area contributed by atoms with E-state index in [1.54, 1.807) is 0 Å². The van der Waals surface area contributed by atoms with Gasteiger partial charge in [0.15, 0.2) is 6.10 Å². The number of rotatable bonds is 81. The molecule has 0 saturated heterocycles. The Balaban J connectivity index is 4.69. The van der Waals surface area contributed by atoms with Crippen LogP contribution >= 0.6 is 15.6 Å². The third-order valence-corrected chi connectivity index (χ3v) is 19.8. The van der Waals surface area contributed by atoms with Gasteiger partial charge in [0, 0.05) is 19.3 Å². The van der Waals surface area contributed by atoms with Crippen molar-refractivity contribution in [3.8, 4) is 0 Å². The van der Waals surface area contributed by atoms with Gasteiger partial charge in [-0.15, -0.1) is 0 Å². The third kappa shape index (κ3) is 85.6. The molecule has 0 rings (SSSR count). The zero-order valence-corrected chi connectivity index (χ0v) is 71.4. The predicted molar refractivity (Wildman–Crippen MR) is 463 cm³/mol. The molecule has 0 bridgehead atoms. The summed E-state index contributed by atoms with van der Waals surface area (Å²) in [6.07, 6.45) is 108. The van der Waals surface area contributed by atoms with E-state index in [4.69, 9.17) is 32.3 Å². The van der Waals surface area contributed by atoms with E-state index in [-0.39, 0.29) is 19.3 Å². The largest absolute Gasteiger partial charge is 0.472 e. The predicted octanol–water partition coefficient (Wildman–Crippen LogP) is 26.3. The van der Waals surface area contributed by atoms with Crippen LogP contribution in [0.5, 0.6) is 0 Å². The molecule has 0 spiro atoms. The van der Waals surface area contributed by atoms with Gasteiger partial charge in [-0.05, 0) is 161 Å². The van der Waals surface area contributed by atoms with Gasteiger partial charge in [-0.1, -0.05) is 332 Å². The van der Waals surface area contributed by atoms with Crippen LogP contribution in [0.4, 0.5) is 0 Å². The summed E-state index contributed by atoms with van der Waals surface area (Å²) in [5.41, 5.74) is 0. The summed E-state index contributed by atoms with van der Waals surface area (Å²) in [5.74, 6) is -1.63. The number of unbranched alkanes of at least 4 members (excludes halogenated alkanes) is 30. The Morgan fingerprint density at radius 3 is 0.775 bits per heavy atom. The van der Waals surface area contributed by atoms with Crippen molar-refractivity contribution < 1.29 is 75.8 Å². The summed E-state index contributed by atoms with van der Waals surface area (Å²) in [5, 5.41) is 20.7. The monoisotopic (exact) mass is 1590 g/mol. The van der Waals surface area contributed by atoms with E-state index in [2.05, 4.69) is 191 Å². The Morgan fingerprint density at radius 1 is 0.261 bits per heavy atom. The second-order valence-electron chi connectivity index (χ2n) is 28.6. The van der Waals surface area contributed by atoms with Gasteiger partial charge in [0.25, 0.3) is 0 Å². The SMILES string of the molecule is CC/C=C\C/C=C\C/C=C\C/C=C\C/C=C\C/C=C\CCCCC(=O)OC(COC(=O)CCCCCCCCCCCCC/C=C\C/C=C\C/C=C\C/C=C\CCCCC)COP(=O)(O)OCC(O)COP(=O)(O)OCC(O)COC(=O)CCCCCCCCCCCCC/C=C\C/C=C\C/C=C\C/C=C\CCCCC. The highest BCUT2D eigenvalue weighted by Gasteiger charge is 2.29. The number of carbonyl (C=O) groups is 3. The minimum atomic E-state index is -4.96. The van der Waals surface area contributed by atoms with Gasteiger partial charge < -0.3 is 34.2 Å². The number of phosphoric ester groups is 2. The number of aliphatic hydroxyl groups is 2. The summed E-state index contributed by atoms with van der Waals surface area (Å²) in [6.45, 7) is 2.47. The molecule has 5 atom stereocenters. The van der Waals surface area contributed by atoms with Gasteiger partial charge in [0.2, 0.25) is 0 Å². The van der Waals surface area contributed by atoms with E-state index < -0.39 is 91.5 Å². The number of aliphatic hydroxyl groups excluding tert-OH is 2. The quantitative estimate of drug-likeness (QED) is 0.0146. The summed E-state index contributed by atoms with van der Waals surface area (Å²) in [7, 11) is -9.83. The van der Waals surface area contributed by atoms with Crippen LogP contribution in [0, 0.1) is 0 Å². The molecule has 0 saturated carbocycles. The maximum Gasteiger partial charge on any atom is 0.472 e. The zero-order chi connectivity index (χ0) is 80.8. The van der Waals surface area contributed by atoms with E-state index in [1.165, 1.54) is 135 Å². The van der Waals surface area contributed by atoms with E-state index >= 15 is 0 Å². The number of allylic oxidation sites excluding steroid dienone is 28. The molecule has 5 unspecified atom stereocenters. The normalized spacial score (nSPS) is 14.7. The van der Waals surface area contributed by atoms with Crippen molar-refractivity contribution in [2.24, 2.45) is 0 Å². The molecule has 0 aromatic carbocycles. The Bertz CT molecular complexity index is 2700. The fourth-order valence-corrected chi connectivity index (χ4v) is 12.9. The van der Waals surface area contributed by atoms with Gasteiger partial charge in [0.1, 0.15) is 25.4 Å². The molecule has 0 aliphatic rings. The third-order valence-electron chi connectivity index (χ3n) is 17.9. The molecule has 18 heteroatoms. The van der Waals surface area contributed by atoms with Crippen molar-refractivity contribution in [3.05, 3.63) is 170 Å². The molecule has 4 N–H and O–H groups in total. The highest BCUT2D eigenvalue weighted by molar-refractivity contribution is 7.47. The topological polar surface area (TPSA) is 231 Å². The molecule has 0 aliphatic carbocycles. The number of hydrogen-bond donors (Lipinski definition) is 4. The molecular weight excluding hydrogens is 1430 g/mol. The van der Waals surface area contributed by atoms with Crippen molar-refractivity contribution in [2.75, 3.05) is 39.6 Å². The lowest BCUT2D eigenvalue weighted by Gasteiger charge is -2.21. The molecular formula is C93H156O16P2. The lowest BCUT2D eigenvalue weighted by Crippen LogP contribution is -2.30. The van der Waals surface area contributed by atoms with Crippen LogP contribution < -0.4 is 0 Å². The first kappa shape index (κ1) is 106. The van der Waals surface area contributed by atoms with Crippen molar-refractivity contribution in [2.45, 2.75) is 360 Å². The van der Waals surface area contributed by atoms with E-state index in [0.717, 1.165) is 141 Å². The average Bonchev–Trinajstić information content (AvgIpc) is 0.901. The second kappa shape index (κ2) is 84.3. The number of carbonyl (C=O) groups excluding carboxylic acids is 3. The van der Waals surface area contributed by atoms with Crippen LogP contribution in [-0.4, -0.2) is 95.9 Å². The Labute approximate surface area is 675 Å². The minimum Gasteiger partial charge on any atom is -0.463 e. The maximum absolute atomic E-state index is 13.0. The van der Waals surface area contributed by atoms with Gasteiger partial charge >= 0.3 is 33.6 Å². The first-order valence-electron chi connectivity index (χ1n) is 43.4. The van der Waals surface area contributed by atoms with Crippen LogP contribution in [-0.2, 0) is 55.8 Å². The van der Waals surface area contributed by atoms with Crippen LogP contribution in [0.3, 0.4) is 0 Å². The molecule has 0 aromatic heterocycles. The van der Waals surface area contributed by atoms with E-state index in [9.17, 15) is 43.5 Å². The molecule has 0 fully saturated rings. The van der Waals surface area contributed by atoms with Gasteiger partial charge in [-0.2, -0.15) is 0 Å².